The highest BCUT2D eigenvalue weighted by Crippen LogP contribution is 2.25. The van der Waals surface area contributed by atoms with Crippen molar-refractivity contribution in [3.05, 3.63) is 29.8 Å². The smallest absolute Gasteiger partial charge is 0.311 e. The first kappa shape index (κ1) is 11.6. The highest BCUT2D eigenvalue weighted by molar-refractivity contribution is 5.99. The second-order valence-corrected chi connectivity index (χ2v) is 4.26. The number of esters is 1. The molecule has 0 N–H and O–H groups in total. The lowest BCUT2D eigenvalue weighted by Crippen LogP contribution is -2.26. The normalized spacial score (nSPS) is 19.5. The predicted molar refractivity (Wildman–Crippen MR) is 63.7 cm³/mol. The van der Waals surface area contributed by atoms with Gasteiger partial charge >= 0.3 is 5.97 Å². The molecule has 2 rings (SSSR count). The molecule has 1 heterocycles. The first-order valence-corrected chi connectivity index (χ1v) is 5.56. The van der Waals surface area contributed by atoms with E-state index < -0.39 is 0 Å². The fourth-order valence-corrected chi connectivity index (χ4v) is 2.01. The minimum absolute atomic E-state index is 0.0238. The van der Waals surface area contributed by atoms with Crippen molar-refractivity contribution in [2.45, 2.75) is 13.3 Å². The first-order chi connectivity index (χ1) is 8.11. The maximum atomic E-state index is 11.8. The summed E-state index contributed by atoms with van der Waals surface area (Å²) < 4.78 is 4.67. The summed E-state index contributed by atoms with van der Waals surface area (Å²) in [6.45, 7) is 2.40. The Bertz CT molecular complexity index is 438. The lowest BCUT2D eigenvalue weighted by atomic mass is 10.1. The summed E-state index contributed by atoms with van der Waals surface area (Å²) in [6, 6.07) is 7.70. The lowest BCUT2D eigenvalue weighted by molar-refractivity contribution is -0.145. The maximum absolute atomic E-state index is 11.8. The highest BCUT2D eigenvalue weighted by atomic mass is 16.5. The van der Waals surface area contributed by atoms with E-state index in [1.165, 1.54) is 7.11 Å². The number of rotatable bonds is 2. The maximum Gasteiger partial charge on any atom is 0.311 e. The van der Waals surface area contributed by atoms with Crippen LogP contribution in [0.3, 0.4) is 0 Å². The third kappa shape index (κ3) is 2.30. The molecule has 0 aliphatic carbocycles. The third-order valence-electron chi connectivity index (χ3n) is 3.01. The van der Waals surface area contributed by atoms with Crippen LogP contribution in [0.2, 0.25) is 0 Å². The second-order valence-electron chi connectivity index (χ2n) is 4.26. The lowest BCUT2D eigenvalue weighted by Gasteiger charge is -2.16. The Kier molecular flexibility index (Phi) is 3.13. The van der Waals surface area contributed by atoms with E-state index in [9.17, 15) is 9.59 Å². The molecule has 1 aliphatic heterocycles. The molecule has 0 aromatic heterocycles. The van der Waals surface area contributed by atoms with Crippen LogP contribution >= 0.6 is 0 Å². The highest BCUT2D eigenvalue weighted by Gasteiger charge is 2.35. The summed E-state index contributed by atoms with van der Waals surface area (Å²) in [5.74, 6) is -0.675. The molecule has 1 atom stereocenters. The molecule has 0 spiro atoms. The van der Waals surface area contributed by atoms with E-state index in [0.717, 1.165) is 11.3 Å². The third-order valence-corrected chi connectivity index (χ3v) is 3.01. The summed E-state index contributed by atoms with van der Waals surface area (Å²) in [6.07, 6.45) is 0.237. The number of aryl methyl sites for hydroxylation is 1. The molecule has 1 aromatic carbocycles. The van der Waals surface area contributed by atoms with Crippen molar-refractivity contribution in [3.63, 3.8) is 0 Å². The van der Waals surface area contributed by atoms with Crippen LogP contribution in [-0.4, -0.2) is 25.5 Å². The zero-order valence-electron chi connectivity index (χ0n) is 9.97. The SMILES string of the molecule is COC(=O)[C@H]1CC(=O)N(c2ccc(C)cc2)C1. The van der Waals surface area contributed by atoms with Crippen LogP contribution in [0.25, 0.3) is 0 Å². The first-order valence-electron chi connectivity index (χ1n) is 5.56. The fraction of sp³-hybridized carbons (Fsp3) is 0.385. The van der Waals surface area contributed by atoms with Gasteiger partial charge in [-0.25, -0.2) is 0 Å². The van der Waals surface area contributed by atoms with Crippen LogP contribution < -0.4 is 4.90 Å². The summed E-state index contributed by atoms with van der Waals surface area (Å²) in [5.41, 5.74) is 1.98. The zero-order valence-corrected chi connectivity index (χ0v) is 9.97. The van der Waals surface area contributed by atoms with E-state index >= 15 is 0 Å². The number of benzene rings is 1. The number of hydrogen-bond acceptors (Lipinski definition) is 3. The molecule has 17 heavy (non-hydrogen) atoms. The second kappa shape index (κ2) is 4.57. The predicted octanol–water partition coefficient (Wildman–Crippen LogP) is 1.52. The fourth-order valence-electron chi connectivity index (χ4n) is 2.01. The van der Waals surface area contributed by atoms with Gasteiger partial charge in [0.2, 0.25) is 5.91 Å². The van der Waals surface area contributed by atoms with Gasteiger partial charge in [0.25, 0.3) is 0 Å². The van der Waals surface area contributed by atoms with Gasteiger partial charge < -0.3 is 9.64 Å². The van der Waals surface area contributed by atoms with Crippen LogP contribution in [-0.2, 0) is 14.3 Å². The summed E-state index contributed by atoms with van der Waals surface area (Å²) in [7, 11) is 1.35. The average Bonchev–Trinajstić information content (AvgIpc) is 2.71. The number of ether oxygens (including phenoxy) is 1. The largest absolute Gasteiger partial charge is 0.469 e. The van der Waals surface area contributed by atoms with Crippen molar-refractivity contribution in [3.8, 4) is 0 Å². The van der Waals surface area contributed by atoms with Crippen molar-refractivity contribution in [2.75, 3.05) is 18.6 Å². The Morgan fingerprint density at radius 3 is 2.59 bits per heavy atom. The molecule has 4 heteroatoms. The van der Waals surface area contributed by atoms with Gasteiger partial charge in [0, 0.05) is 18.7 Å². The molecule has 1 fully saturated rings. The Hall–Kier alpha value is -1.84. The topological polar surface area (TPSA) is 46.6 Å². The van der Waals surface area contributed by atoms with Gasteiger partial charge in [-0.3, -0.25) is 9.59 Å². The van der Waals surface area contributed by atoms with E-state index in [0.29, 0.717) is 6.54 Å². The van der Waals surface area contributed by atoms with Crippen molar-refractivity contribution < 1.29 is 14.3 Å². The molecule has 1 aliphatic rings. The monoisotopic (exact) mass is 233 g/mol. The van der Waals surface area contributed by atoms with Gasteiger partial charge in [-0.1, -0.05) is 17.7 Å². The number of amides is 1. The van der Waals surface area contributed by atoms with Gasteiger partial charge in [-0.15, -0.1) is 0 Å². The number of methoxy groups -OCH3 is 1. The number of hydrogen-bond donors (Lipinski definition) is 0. The van der Waals surface area contributed by atoms with Gasteiger partial charge in [0.15, 0.2) is 0 Å². The molecule has 1 amide bonds. The summed E-state index contributed by atoms with van der Waals surface area (Å²) in [4.78, 5) is 24.8. The van der Waals surface area contributed by atoms with E-state index in [4.69, 9.17) is 0 Å². The molecular formula is C13H15NO3. The molecule has 0 bridgehead atoms. The Morgan fingerprint density at radius 1 is 1.35 bits per heavy atom. The number of anilines is 1. The molecular weight excluding hydrogens is 218 g/mol. The molecule has 4 nitrogen and oxygen atoms in total. The van der Waals surface area contributed by atoms with E-state index in [-0.39, 0.29) is 24.2 Å². The minimum Gasteiger partial charge on any atom is -0.469 e. The Labute approximate surface area is 100 Å². The minimum atomic E-state index is -0.339. The molecule has 90 valence electrons. The quantitative estimate of drug-likeness (QED) is 0.728. The van der Waals surface area contributed by atoms with E-state index in [1.54, 1.807) is 4.90 Å². The van der Waals surface area contributed by atoms with Crippen molar-refractivity contribution in [2.24, 2.45) is 5.92 Å². The number of carbonyl (C=O) groups excluding carboxylic acids is 2. The van der Waals surface area contributed by atoms with Crippen LogP contribution in [0.15, 0.2) is 24.3 Å². The molecule has 0 saturated carbocycles. The summed E-state index contributed by atoms with van der Waals surface area (Å²) in [5, 5.41) is 0. The van der Waals surface area contributed by atoms with Gasteiger partial charge in [-0.05, 0) is 19.1 Å². The number of carbonyl (C=O) groups is 2. The van der Waals surface area contributed by atoms with Gasteiger partial charge in [0.05, 0.1) is 13.0 Å². The molecule has 1 saturated heterocycles. The zero-order chi connectivity index (χ0) is 12.4. The Morgan fingerprint density at radius 2 is 2.00 bits per heavy atom. The van der Waals surface area contributed by atoms with Crippen molar-refractivity contribution in [1.29, 1.82) is 0 Å². The van der Waals surface area contributed by atoms with Gasteiger partial charge in [0.1, 0.15) is 0 Å². The van der Waals surface area contributed by atoms with Crippen molar-refractivity contribution in [1.82, 2.24) is 0 Å². The van der Waals surface area contributed by atoms with Crippen LogP contribution in [0.4, 0.5) is 5.69 Å². The number of nitrogens with zero attached hydrogens (tertiary/aromatic N) is 1. The average molecular weight is 233 g/mol. The van der Waals surface area contributed by atoms with Crippen LogP contribution in [0.1, 0.15) is 12.0 Å². The molecule has 0 radical (unpaired) electrons. The Balaban J connectivity index is 2.15. The summed E-state index contributed by atoms with van der Waals surface area (Å²) >= 11 is 0. The van der Waals surface area contributed by atoms with E-state index in [1.807, 2.05) is 31.2 Å². The van der Waals surface area contributed by atoms with Crippen LogP contribution in [0.5, 0.6) is 0 Å². The van der Waals surface area contributed by atoms with Crippen molar-refractivity contribution >= 4 is 17.6 Å². The van der Waals surface area contributed by atoms with E-state index in [2.05, 4.69) is 4.74 Å². The van der Waals surface area contributed by atoms with Crippen LogP contribution in [0, 0.1) is 12.8 Å². The molecule has 1 aromatic rings. The molecule has 0 unspecified atom stereocenters. The van der Waals surface area contributed by atoms with Gasteiger partial charge in [-0.2, -0.15) is 0 Å². The standard InChI is InChI=1S/C13H15NO3/c1-9-3-5-11(6-4-9)14-8-10(7-12(14)15)13(16)17-2/h3-6,10H,7-8H2,1-2H3/t10-/m0/s1.